The summed E-state index contributed by atoms with van der Waals surface area (Å²) >= 11 is 0. The van der Waals surface area contributed by atoms with Crippen LogP contribution in [0.15, 0.2) is 24.4 Å². The summed E-state index contributed by atoms with van der Waals surface area (Å²) in [6, 6.07) is 2.20. The number of aromatic nitrogens is 2. The highest BCUT2D eigenvalue weighted by Crippen LogP contribution is 2.40. The predicted octanol–water partition coefficient (Wildman–Crippen LogP) is 4.10. The van der Waals surface area contributed by atoms with E-state index in [1.54, 1.807) is 4.68 Å². The first-order valence-electron chi connectivity index (χ1n) is 7.42. The van der Waals surface area contributed by atoms with Crippen molar-refractivity contribution in [3.8, 4) is 0 Å². The molecule has 3 rings (SSSR count). The van der Waals surface area contributed by atoms with Crippen molar-refractivity contribution < 1.29 is 22.4 Å². The Morgan fingerprint density at radius 3 is 2.62 bits per heavy atom. The zero-order chi connectivity index (χ0) is 17.6. The zero-order valence-corrected chi connectivity index (χ0v) is 13.0. The maximum Gasteiger partial charge on any atom is 0.416 e. The molecule has 1 amide bonds. The lowest BCUT2D eigenvalue weighted by molar-refractivity contribution is -0.137. The highest BCUT2D eigenvalue weighted by Gasteiger charge is 2.35. The Morgan fingerprint density at radius 2 is 2.00 bits per heavy atom. The number of carbonyl (C=O) groups excluding carboxylic acids is 1. The van der Waals surface area contributed by atoms with Gasteiger partial charge in [-0.2, -0.15) is 18.3 Å². The molecule has 0 radical (unpaired) electrons. The van der Waals surface area contributed by atoms with Gasteiger partial charge in [-0.05, 0) is 37.6 Å². The Hall–Kier alpha value is -2.38. The highest BCUT2D eigenvalue weighted by molar-refractivity contribution is 5.94. The Bertz CT molecular complexity index is 795. The van der Waals surface area contributed by atoms with Gasteiger partial charge < -0.3 is 5.32 Å². The minimum absolute atomic E-state index is 0.0563. The average Bonchev–Trinajstić information content (AvgIpc) is 2.89. The third-order valence-corrected chi connectivity index (χ3v) is 4.03. The van der Waals surface area contributed by atoms with Crippen LogP contribution >= 0.6 is 0 Å². The van der Waals surface area contributed by atoms with E-state index in [0.29, 0.717) is 17.4 Å². The normalized spacial score (nSPS) is 17.8. The standard InChI is InChI=1S/C16H15F4N3O/c1-8(2)23-15-12(7-21-23)10(6-14(24)22-15)11-5-9(16(18,19)20)3-4-13(11)17/h3-5,7-8,10H,6H2,1-2H3,(H,22,24)/t10-/m0/s1. The van der Waals surface area contributed by atoms with E-state index in [1.165, 1.54) is 6.20 Å². The predicted molar refractivity (Wildman–Crippen MR) is 79.1 cm³/mol. The molecular formula is C16H15F4N3O. The quantitative estimate of drug-likeness (QED) is 0.836. The zero-order valence-electron chi connectivity index (χ0n) is 13.0. The molecule has 24 heavy (non-hydrogen) atoms. The van der Waals surface area contributed by atoms with Crippen molar-refractivity contribution in [1.29, 1.82) is 0 Å². The first-order valence-corrected chi connectivity index (χ1v) is 7.42. The highest BCUT2D eigenvalue weighted by atomic mass is 19.4. The molecule has 1 N–H and O–H groups in total. The fourth-order valence-electron chi connectivity index (χ4n) is 2.89. The van der Waals surface area contributed by atoms with Crippen LogP contribution in [-0.4, -0.2) is 15.7 Å². The van der Waals surface area contributed by atoms with Gasteiger partial charge in [-0.25, -0.2) is 9.07 Å². The number of anilines is 1. The van der Waals surface area contributed by atoms with Gasteiger partial charge in [0.1, 0.15) is 11.6 Å². The monoisotopic (exact) mass is 341 g/mol. The summed E-state index contributed by atoms with van der Waals surface area (Å²) in [6.45, 7) is 3.71. The Balaban J connectivity index is 2.13. The molecule has 1 aliphatic rings. The van der Waals surface area contributed by atoms with Crippen molar-refractivity contribution in [2.24, 2.45) is 0 Å². The molecule has 4 nitrogen and oxygen atoms in total. The van der Waals surface area contributed by atoms with E-state index >= 15 is 0 Å². The average molecular weight is 341 g/mol. The third kappa shape index (κ3) is 2.76. The maximum absolute atomic E-state index is 14.2. The minimum Gasteiger partial charge on any atom is -0.311 e. The topological polar surface area (TPSA) is 46.9 Å². The molecule has 0 unspecified atom stereocenters. The molecule has 8 heteroatoms. The summed E-state index contributed by atoms with van der Waals surface area (Å²) in [5, 5.41) is 6.84. The van der Waals surface area contributed by atoms with Crippen LogP contribution in [0.3, 0.4) is 0 Å². The molecule has 1 atom stereocenters. The van der Waals surface area contributed by atoms with Crippen molar-refractivity contribution >= 4 is 11.7 Å². The van der Waals surface area contributed by atoms with Gasteiger partial charge in [0.15, 0.2) is 0 Å². The van der Waals surface area contributed by atoms with Crippen LogP contribution in [0.5, 0.6) is 0 Å². The Morgan fingerprint density at radius 1 is 1.29 bits per heavy atom. The van der Waals surface area contributed by atoms with Crippen molar-refractivity contribution in [1.82, 2.24) is 9.78 Å². The second-order valence-corrected chi connectivity index (χ2v) is 6.03. The largest absolute Gasteiger partial charge is 0.416 e. The summed E-state index contributed by atoms with van der Waals surface area (Å²) in [4.78, 5) is 12.0. The Kier molecular flexibility index (Phi) is 3.85. The van der Waals surface area contributed by atoms with Crippen LogP contribution in [-0.2, 0) is 11.0 Å². The first-order chi connectivity index (χ1) is 11.2. The number of carbonyl (C=O) groups is 1. The number of halogens is 4. The van der Waals surface area contributed by atoms with Gasteiger partial charge >= 0.3 is 6.18 Å². The van der Waals surface area contributed by atoms with Crippen molar-refractivity contribution in [3.05, 3.63) is 46.9 Å². The molecule has 0 bridgehead atoms. The second kappa shape index (κ2) is 5.61. The van der Waals surface area contributed by atoms with E-state index in [2.05, 4.69) is 10.4 Å². The van der Waals surface area contributed by atoms with Crippen LogP contribution < -0.4 is 5.32 Å². The van der Waals surface area contributed by atoms with Crippen LogP contribution in [0.2, 0.25) is 0 Å². The number of nitrogens with one attached hydrogen (secondary N) is 1. The lowest BCUT2D eigenvalue weighted by Gasteiger charge is -2.25. The van der Waals surface area contributed by atoms with Crippen molar-refractivity contribution in [2.75, 3.05) is 5.32 Å². The van der Waals surface area contributed by atoms with Crippen LogP contribution in [0.1, 0.15) is 48.9 Å². The molecule has 1 aromatic carbocycles. The van der Waals surface area contributed by atoms with Crippen LogP contribution in [0.25, 0.3) is 0 Å². The molecule has 0 spiro atoms. The molecule has 0 saturated heterocycles. The number of hydrogen-bond donors (Lipinski definition) is 1. The molecule has 1 aliphatic heterocycles. The maximum atomic E-state index is 14.2. The second-order valence-electron chi connectivity index (χ2n) is 6.03. The van der Waals surface area contributed by atoms with E-state index in [1.807, 2.05) is 13.8 Å². The number of nitrogens with zero attached hydrogens (tertiary/aromatic N) is 2. The SMILES string of the molecule is CC(C)n1ncc2c1NC(=O)C[C@H]2c1cc(C(F)(F)F)ccc1F. The van der Waals surface area contributed by atoms with Gasteiger partial charge in [0.2, 0.25) is 5.91 Å². The minimum atomic E-state index is -4.58. The number of alkyl halides is 3. The Labute approximate surface area is 135 Å². The van der Waals surface area contributed by atoms with Gasteiger partial charge in [-0.1, -0.05) is 0 Å². The molecular weight excluding hydrogens is 326 g/mol. The van der Waals surface area contributed by atoms with Gasteiger partial charge in [-0.3, -0.25) is 4.79 Å². The van der Waals surface area contributed by atoms with E-state index < -0.39 is 23.5 Å². The van der Waals surface area contributed by atoms with E-state index in [4.69, 9.17) is 0 Å². The van der Waals surface area contributed by atoms with Gasteiger partial charge in [0.05, 0.1) is 11.8 Å². The van der Waals surface area contributed by atoms with E-state index in [-0.39, 0.29) is 23.9 Å². The summed E-state index contributed by atoms with van der Waals surface area (Å²) in [5.41, 5.74) is -0.576. The number of fused-ring (bicyclic) bond motifs is 1. The van der Waals surface area contributed by atoms with E-state index in [9.17, 15) is 22.4 Å². The van der Waals surface area contributed by atoms with Gasteiger partial charge in [-0.15, -0.1) is 0 Å². The molecule has 0 fully saturated rings. The van der Waals surface area contributed by atoms with Crippen LogP contribution in [0, 0.1) is 5.82 Å². The molecule has 2 aromatic rings. The smallest absolute Gasteiger partial charge is 0.311 e. The summed E-state index contributed by atoms with van der Waals surface area (Å²) < 4.78 is 54.6. The molecule has 128 valence electrons. The van der Waals surface area contributed by atoms with Gasteiger partial charge in [0, 0.05) is 23.9 Å². The molecule has 0 saturated carbocycles. The summed E-state index contributed by atoms with van der Waals surface area (Å²) in [6.07, 6.45) is -3.24. The number of amides is 1. The van der Waals surface area contributed by atoms with Crippen LogP contribution in [0.4, 0.5) is 23.4 Å². The third-order valence-electron chi connectivity index (χ3n) is 4.03. The first kappa shape index (κ1) is 16.5. The molecule has 0 aliphatic carbocycles. The summed E-state index contributed by atoms with van der Waals surface area (Å²) in [7, 11) is 0. The lowest BCUT2D eigenvalue weighted by Crippen LogP contribution is -2.26. The van der Waals surface area contributed by atoms with Crippen molar-refractivity contribution in [2.45, 2.75) is 38.4 Å². The number of benzene rings is 1. The number of hydrogen-bond acceptors (Lipinski definition) is 2. The molecule has 2 heterocycles. The lowest BCUT2D eigenvalue weighted by atomic mass is 9.86. The fraction of sp³-hybridized carbons (Fsp3) is 0.375. The summed E-state index contributed by atoms with van der Waals surface area (Å²) in [5.74, 6) is -1.55. The van der Waals surface area contributed by atoms with Crippen molar-refractivity contribution in [3.63, 3.8) is 0 Å². The molecule has 1 aromatic heterocycles. The number of rotatable bonds is 2. The fourth-order valence-corrected chi connectivity index (χ4v) is 2.89. The van der Waals surface area contributed by atoms with Gasteiger partial charge in [0.25, 0.3) is 0 Å². The van der Waals surface area contributed by atoms with E-state index in [0.717, 1.165) is 12.1 Å².